The zero-order chi connectivity index (χ0) is 20.5. The number of aryl methyl sites for hydroxylation is 2. The van der Waals surface area contributed by atoms with Crippen molar-refractivity contribution in [3.05, 3.63) is 70.2 Å². The lowest BCUT2D eigenvalue weighted by molar-refractivity contribution is -0.140. The highest BCUT2D eigenvalue weighted by Crippen LogP contribution is 2.19. The second-order valence-corrected chi connectivity index (χ2v) is 7.41. The molecule has 0 heterocycles. The van der Waals surface area contributed by atoms with Crippen molar-refractivity contribution >= 4 is 23.4 Å². The Hall–Kier alpha value is -2.33. The Labute approximate surface area is 172 Å². The number of hydrogen-bond acceptors (Lipinski definition) is 2. The molecule has 0 aromatic heterocycles. The summed E-state index contributed by atoms with van der Waals surface area (Å²) >= 11 is 6.22. The van der Waals surface area contributed by atoms with E-state index in [1.165, 1.54) is 0 Å². The molecule has 1 N–H and O–H groups in total. The van der Waals surface area contributed by atoms with Gasteiger partial charge in [0.2, 0.25) is 11.8 Å². The number of hydrogen-bond donors (Lipinski definition) is 1. The van der Waals surface area contributed by atoms with Gasteiger partial charge >= 0.3 is 0 Å². The van der Waals surface area contributed by atoms with Crippen LogP contribution in [-0.2, 0) is 22.6 Å². The highest BCUT2D eigenvalue weighted by Gasteiger charge is 2.26. The lowest BCUT2D eigenvalue weighted by Crippen LogP contribution is -2.47. The van der Waals surface area contributed by atoms with Gasteiger partial charge in [0.25, 0.3) is 0 Å². The summed E-state index contributed by atoms with van der Waals surface area (Å²) in [7, 11) is 0. The molecule has 150 valence electrons. The third-order valence-corrected chi connectivity index (χ3v) is 5.25. The molecule has 0 aliphatic heterocycles. The molecule has 0 bridgehead atoms. The molecule has 0 unspecified atom stereocenters. The van der Waals surface area contributed by atoms with Crippen molar-refractivity contribution in [2.24, 2.45) is 0 Å². The summed E-state index contributed by atoms with van der Waals surface area (Å²) in [5.74, 6) is -0.177. The van der Waals surface area contributed by atoms with Crippen molar-refractivity contribution < 1.29 is 9.59 Å². The maximum Gasteiger partial charge on any atom is 0.242 e. The van der Waals surface area contributed by atoms with Crippen molar-refractivity contribution in [2.75, 3.05) is 6.54 Å². The predicted octanol–water partition coefficient (Wildman–Crippen LogP) is 4.52. The van der Waals surface area contributed by atoms with E-state index in [0.29, 0.717) is 31.0 Å². The van der Waals surface area contributed by atoms with Gasteiger partial charge in [-0.15, -0.1) is 0 Å². The van der Waals surface area contributed by atoms with E-state index in [1.807, 2.05) is 62.4 Å². The van der Waals surface area contributed by atoms with Crippen molar-refractivity contribution in [2.45, 2.75) is 52.6 Å². The van der Waals surface area contributed by atoms with Crippen LogP contribution in [0, 0.1) is 6.92 Å². The van der Waals surface area contributed by atoms with Gasteiger partial charge in [-0.1, -0.05) is 61.0 Å². The fourth-order valence-electron chi connectivity index (χ4n) is 3.04. The molecule has 0 saturated carbocycles. The Morgan fingerprint density at radius 3 is 2.36 bits per heavy atom. The van der Waals surface area contributed by atoms with Crippen molar-refractivity contribution in [1.82, 2.24) is 10.2 Å². The second-order valence-electron chi connectivity index (χ2n) is 7.01. The highest BCUT2D eigenvalue weighted by atomic mass is 35.5. The third kappa shape index (κ3) is 6.10. The normalized spacial score (nSPS) is 11.7. The van der Waals surface area contributed by atoms with Gasteiger partial charge in [0, 0.05) is 24.5 Å². The van der Waals surface area contributed by atoms with Gasteiger partial charge in [-0.3, -0.25) is 9.59 Å². The number of carbonyl (C=O) groups excluding carboxylic acids is 2. The number of nitrogens with zero attached hydrogens (tertiary/aromatic N) is 1. The van der Waals surface area contributed by atoms with Crippen LogP contribution in [0.25, 0.3) is 0 Å². The summed E-state index contributed by atoms with van der Waals surface area (Å²) in [5.41, 5.74) is 3.09. The van der Waals surface area contributed by atoms with Crippen molar-refractivity contribution in [1.29, 1.82) is 0 Å². The molecule has 0 fully saturated rings. The van der Waals surface area contributed by atoms with Gasteiger partial charge < -0.3 is 10.2 Å². The molecule has 5 heteroatoms. The van der Waals surface area contributed by atoms with Crippen LogP contribution in [0.3, 0.4) is 0 Å². The minimum atomic E-state index is -0.537. The topological polar surface area (TPSA) is 49.4 Å². The smallest absolute Gasteiger partial charge is 0.242 e. The summed E-state index contributed by atoms with van der Waals surface area (Å²) in [6.07, 6.45) is 1.71. The summed E-state index contributed by atoms with van der Waals surface area (Å²) in [4.78, 5) is 27.3. The zero-order valence-electron chi connectivity index (χ0n) is 16.9. The zero-order valence-corrected chi connectivity index (χ0v) is 17.6. The molecule has 0 saturated heterocycles. The molecule has 28 heavy (non-hydrogen) atoms. The number of carbonyl (C=O) groups is 2. The fraction of sp³-hybridized carbons (Fsp3) is 0.391. The van der Waals surface area contributed by atoms with Crippen LogP contribution in [-0.4, -0.2) is 29.3 Å². The average molecular weight is 401 g/mol. The van der Waals surface area contributed by atoms with Crippen molar-refractivity contribution in [3.8, 4) is 0 Å². The summed E-state index contributed by atoms with van der Waals surface area (Å²) < 4.78 is 0. The average Bonchev–Trinajstić information content (AvgIpc) is 2.70. The number of halogens is 1. The lowest BCUT2D eigenvalue weighted by atomic mass is 10.1. The molecule has 2 aromatic rings. The van der Waals surface area contributed by atoms with E-state index in [1.54, 1.807) is 11.8 Å². The Morgan fingerprint density at radius 2 is 1.71 bits per heavy atom. The molecular formula is C23H29ClN2O2. The predicted molar refractivity (Wildman–Crippen MR) is 114 cm³/mol. The van der Waals surface area contributed by atoms with Crippen LogP contribution >= 0.6 is 11.6 Å². The summed E-state index contributed by atoms with van der Waals surface area (Å²) in [5, 5.41) is 3.56. The van der Waals surface area contributed by atoms with Crippen LogP contribution in [0.5, 0.6) is 0 Å². The third-order valence-electron chi connectivity index (χ3n) is 4.88. The molecule has 0 spiro atoms. The van der Waals surface area contributed by atoms with Crippen LogP contribution in [0.1, 0.15) is 43.4 Å². The van der Waals surface area contributed by atoms with E-state index in [2.05, 4.69) is 5.32 Å². The van der Waals surface area contributed by atoms with Crippen LogP contribution in [0.4, 0.5) is 0 Å². The summed E-state index contributed by atoms with van der Waals surface area (Å²) in [6, 6.07) is 15.0. The number of benzene rings is 2. The van der Waals surface area contributed by atoms with E-state index in [0.717, 1.165) is 23.1 Å². The first-order chi connectivity index (χ1) is 13.4. The Morgan fingerprint density at radius 1 is 1.07 bits per heavy atom. The maximum absolute atomic E-state index is 13.1. The minimum absolute atomic E-state index is 0.0534. The molecule has 0 aliphatic carbocycles. The lowest BCUT2D eigenvalue weighted by Gasteiger charge is -2.29. The second kappa shape index (κ2) is 10.9. The van der Waals surface area contributed by atoms with Gasteiger partial charge in [0.05, 0.1) is 0 Å². The van der Waals surface area contributed by atoms with Gasteiger partial charge in [0.15, 0.2) is 0 Å². The standard InChI is InChI=1S/C23H29ClN2O2/c1-4-15-25-23(28)18(3)26(16-20-11-6-5-9-17(20)2)22(27)14-13-19-10-7-8-12-21(19)24/h5-12,18H,4,13-16H2,1-3H3,(H,25,28)/t18-/m0/s1. The first-order valence-electron chi connectivity index (χ1n) is 9.79. The molecule has 1 atom stereocenters. The number of amides is 2. The molecule has 4 nitrogen and oxygen atoms in total. The van der Waals surface area contributed by atoms with Gasteiger partial charge in [0.1, 0.15) is 6.04 Å². The van der Waals surface area contributed by atoms with Crippen molar-refractivity contribution in [3.63, 3.8) is 0 Å². The van der Waals surface area contributed by atoms with E-state index >= 15 is 0 Å². The molecule has 0 aliphatic rings. The van der Waals surface area contributed by atoms with Gasteiger partial charge in [-0.25, -0.2) is 0 Å². The van der Waals surface area contributed by atoms with Crippen LogP contribution in [0.2, 0.25) is 5.02 Å². The van der Waals surface area contributed by atoms with Crippen LogP contribution in [0.15, 0.2) is 48.5 Å². The Kier molecular flexibility index (Phi) is 8.52. The molecule has 0 radical (unpaired) electrons. The first kappa shape index (κ1) is 22.0. The Bertz CT molecular complexity index is 807. The van der Waals surface area contributed by atoms with E-state index < -0.39 is 6.04 Å². The van der Waals surface area contributed by atoms with Gasteiger partial charge in [-0.05, 0) is 49.4 Å². The van der Waals surface area contributed by atoms with E-state index in [9.17, 15) is 9.59 Å². The molecular weight excluding hydrogens is 372 g/mol. The molecule has 2 amide bonds. The molecule has 2 aromatic carbocycles. The fourth-order valence-corrected chi connectivity index (χ4v) is 3.27. The summed E-state index contributed by atoms with van der Waals surface area (Å²) in [6.45, 7) is 6.83. The largest absolute Gasteiger partial charge is 0.354 e. The SMILES string of the molecule is CCCNC(=O)[C@H](C)N(Cc1ccccc1C)C(=O)CCc1ccccc1Cl. The molecule has 2 rings (SSSR count). The monoisotopic (exact) mass is 400 g/mol. The minimum Gasteiger partial charge on any atom is -0.354 e. The Balaban J connectivity index is 2.16. The number of rotatable bonds is 9. The van der Waals surface area contributed by atoms with E-state index in [-0.39, 0.29) is 11.8 Å². The van der Waals surface area contributed by atoms with Gasteiger partial charge in [-0.2, -0.15) is 0 Å². The first-order valence-corrected chi connectivity index (χ1v) is 10.2. The number of nitrogens with one attached hydrogen (secondary N) is 1. The highest BCUT2D eigenvalue weighted by molar-refractivity contribution is 6.31. The maximum atomic E-state index is 13.1. The van der Waals surface area contributed by atoms with Crippen LogP contribution < -0.4 is 5.32 Å². The quantitative estimate of drug-likeness (QED) is 0.672. The van der Waals surface area contributed by atoms with E-state index in [4.69, 9.17) is 11.6 Å².